The maximum absolute atomic E-state index is 5.78. The Bertz CT molecular complexity index is 436. The van der Waals surface area contributed by atoms with Crippen LogP contribution < -0.4 is 4.90 Å². The van der Waals surface area contributed by atoms with Crippen LogP contribution in [0.25, 0.3) is 0 Å². The number of hydrogen-bond donors (Lipinski definition) is 0. The Morgan fingerprint density at radius 3 is 2.70 bits per heavy atom. The van der Waals surface area contributed by atoms with E-state index in [0.717, 1.165) is 49.7 Å². The molecule has 5 nitrogen and oxygen atoms in total. The first-order chi connectivity index (χ1) is 9.78. The van der Waals surface area contributed by atoms with Crippen LogP contribution in [-0.2, 0) is 11.3 Å². The minimum Gasteiger partial charge on any atom is -0.376 e. The van der Waals surface area contributed by atoms with Crippen molar-refractivity contribution >= 4 is 17.7 Å². The minimum atomic E-state index is 0.333. The van der Waals surface area contributed by atoms with Crippen LogP contribution in [0.3, 0.4) is 0 Å². The van der Waals surface area contributed by atoms with Crippen LogP contribution in [0, 0.1) is 5.92 Å². The molecule has 0 radical (unpaired) electrons. The molecule has 0 aliphatic carbocycles. The second kappa shape index (κ2) is 6.35. The lowest BCUT2D eigenvalue weighted by molar-refractivity contribution is 0.0951. The van der Waals surface area contributed by atoms with E-state index in [-0.39, 0.29) is 0 Å². The van der Waals surface area contributed by atoms with Crippen LogP contribution in [0.5, 0.6) is 0 Å². The van der Waals surface area contributed by atoms with Crippen molar-refractivity contribution in [2.24, 2.45) is 5.92 Å². The van der Waals surface area contributed by atoms with Crippen molar-refractivity contribution in [3.05, 3.63) is 0 Å². The van der Waals surface area contributed by atoms with Gasteiger partial charge in [0.25, 0.3) is 0 Å². The Balaban J connectivity index is 1.77. The molecule has 6 heteroatoms. The van der Waals surface area contributed by atoms with E-state index in [0.29, 0.717) is 6.10 Å². The predicted octanol–water partition coefficient (Wildman–Crippen LogP) is 2.42. The lowest BCUT2D eigenvalue weighted by Gasteiger charge is -2.31. The van der Waals surface area contributed by atoms with Gasteiger partial charge in [-0.2, -0.15) is 0 Å². The zero-order chi connectivity index (χ0) is 13.9. The molecular formula is C14H24N4OS. The molecule has 2 aliphatic heterocycles. The molecule has 0 unspecified atom stereocenters. The van der Waals surface area contributed by atoms with Crippen molar-refractivity contribution < 1.29 is 4.74 Å². The highest BCUT2D eigenvalue weighted by Crippen LogP contribution is 2.26. The van der Waals surface area contributed by atoms with Gasteiger partial charge in [-0.05, 0) is 37.9 Å². The molecule has 1 atom stereocenters. The summed E-state index contributed by atoms with van der Waals surface area (Å²) < 4.78 is 8.04. The molecule has 0 amide bonds. The van der Waals surface area contributed by atoms with E-state index in [2.05, 4.69) is 32.8 Å². The first-order valence-electron chi connectivity index (χ1n) is 7.61. The van der Waals surface area contributed by atoms with Crippen LogP contribution in [0.15, 0.2) is 5.16 Å². The molecule has 1 aromatic heterocycles. The molecule has 20 heavy (non-hydrogen) atoms. The van der Waals surface area contributed by atoms with E-state index in [1.807, 2.05) is 0 Å². The highest BCUT2D eigenvalue weighted by molar-refractivity contribution is 7.98. The first kappa shape index (κ1) is 14.2. The number of piperidine rings is 1. The molecule has 0 bridgehead atoms. The lowest BCUT2D eigenvalue weighted by Crippen LogP contribution is -2.35. The average Bonchev–Trinajstić information content (AvgIpc) is 3.10. The smallest absolute Gasteiger partial charge is 0.228 e. The van der Waals surface area contributed by atoms with Gasteiger partial charge >= 0.3 is 0 Å². The number of rotatable bonds is 4. The number of aromatic nitrogens is 3. The van der Waals surface area contributed by atoms with Crippen LogP contribution in [-0.4, -0.2) is 46.8 Å². The van der Waals surface area contributed by atoms with Crippen molar-refractivity contribution in [2.75, 3.05) is 30.9 Å². The van der Waals surface area contributed by atoms with Gasteiger partial charge in [0.15, 0.2) is 5.16 Å². The van der Waals surface area contributed by atoms with E-state index in [1.54, 1.807) is 11.8 Å². The monoisotopic (exact) mass is 296 g/mol. The van der Waals surface area contributed by atoms with Crippen LogP contribution in [0.1, 0.15) is 32.6 Å². The van der Waals surface area contributed by atoms with Gasteiger partial charge < -0.3 is 9.64 Å². The fraction of sp³-hybridized carbons (Fsp3) is 0.857. The maximum atomic E-state index is 5.78. The molecule has 0 saturated carbocycles. The van der Waals surface area contributed by atoms with E-state index >= 15 is 0 Å². The molecule has 0 aromatic carbocycles. The molecule has 2 saturated heterocycles. The Morgan fingerprint density at radius 1 is 1.25 bits per heavy atom. The number of nitrogens with zero attached hydrogens (tertiary/aromatic N) is 4. The first-order valence-corrected chi connectivity index (χ1v) is 8.84. The highest BCUT2D eigenvalue weighted by Gasteiger charge is 2.25. The van der Waals surface area contributed by atoms with Crippen molar-refractivity contribution in [1.29, 1.82) is 0 Å². The normalized spacial score (nSPS) is 24.5. The zero-order valence-electron chi connectivity index (χ0n) is 12.4. The van der Waals surface area contributed by atoms with Crippen LogP contribution in [0.2, 0.25) is 0 Å². The molecule has 2 aliphatic rings. The second-order valence-electron chi connectivity index (χ2n) is 5.90. The molecule has 0 spiro atoms. The topological polar surface area (TPSA) is 43.2 Å². The van der Waals surface area contributed by atoms with Gasteiger partial charge in [0.1, 0.15) is 0 Å². The van der Waals surface area contributed by atoms with Gasteiger partial charge in [0.2, 0.25) is 5.95 Å². The largest absolute Gasteiger partial charge is 0.376 e. The number of thioether (sulfide) groups is 1. The maximum Gasteiger partial charge on any atom is 0.228 e. The standard InChI is InChI=1S/C14H24N4OS/c1-11-5-7-17(8-6-11)13-15-16-14(20-2)18(13)10-12-4-3-9-19-12/h11-12H,3-10H2,1-2H3/t12-/m0/s1. The van der Waals surface area contributed by atoms with Gasteiger partial charge in [0.05, 0.1) is 12.6 Å². The summed E-state index contributed by atoms with van der Waals surface area (Å²) in [5, 5.41) is 9.80. The molecule has 112 valence electrons. The average molecular weight is 296 g/mol. The Labute approximate surface area is 125 Å². The van der Waals surface area contributed by atoms with E-state index in [9.17, 15) is 0 Å². The van der Waals surface area contributed by atoms with Crippen LogP contribution >= 0.6 is 11.8 Å². The van der Waals surface area contributed by atoms with E-state index < -0.39 is 0 Å². The number of hydrogen-bond acceptors (Lipinski definition) is 5. The third kappa shape index (κ3) is 2.96. The SMILES string of the molecule is CSc1nnc(N2CCC(C)CC2)n1C[C@@H]1CCCO1. The third-order valence-corrected chi connectivity index (χ3v) is 5.02. The summed E-state index contributed by atoms with van der Waals surface area (Å²) in [6, 6.07) is 0. The molecular weight excluding hydrogens is 272 g/mol. The fourth-order valence-corrected chi connectivity index (χ4v) is 3.53. The summed E-state index contributed by atoms with van der Waals surface area (Å²) in [5.41, 5.74) is 0. The summed E-state index contributed by atoms with van der Waals surface area (Å²) in [5.74, 6) is 1.87. The summed E-state index contributed by atoms with van der Waals surface area (Å²) in [4.78, 5) is 2.39. The molecule has 1 aromatic rings. The zero-order valence-corrected chi connectivity index (χ0v) is 13.2. The Hall–Kier alpha value is -0.750. The molecule has 3 rings (SSSR count). The number of anilines is 1. The fourth-order valence-electron chi connectivity index (χ4n) is 3.03. The summed E-state index contributed by atoms with van der Waals surface area (Å²) in [6.45, 7) is 6.32. The second-order valence-corrected chi connectivity index (χ2v) is 6.68. The van der Waals surface area contributed by atoms with Gasteiger partial charge in [-0.3, -0.25) is 4.57 Å². The summed E-state index contributed by atoms with van der Waals surface area (Å²) in [6.07, 6.45) is 7.24. The molecule has 0 N–H and O–H groups in total. The summed E-state index contributed by atoms with van der Waals surface area (Å²) in [7, 11) is 0. The molecule has 2 fully saturated rings. The third-order valence-electron chi connectivity index (χ3n) is 4.36. The van der Waals surface area contributed by atoms with Gasteiger partial charge in [-0.25, -0.2) is 0 Å². The van der Waals surface area contributed by atoms with Gasteiger partial charge in [0, 0.05) is 19.7 Å². The van der Waals surface area contributed by atoms with Crippen molar-refractivity contribution in [3.8, 4) is 0 Å². The van der Waals surface area contributed by atoms with Crippen molar-refractivity contribution in [2.45, 2.75) is 50.4 Å². The Kier molecular flexibility index (Phi) is 4.51. The van der Waals surface area contributed by atoms with Gasteiger partial charge in [-0.1, -0.05) is 18.7 Å². The predicted molar refractivity (Wildman–Crippen MR) is 81.4 cm³/mol. The number of ether oxygens (including phenoxy) is 1. The van der Waals surface area contributed by atoms with Crippen molar-refractivity contribution in [1.82, 2.24) is 14.8 Å². The summed E-state index contributed by atoms with van der Waals surface area (Å²) >= 11 is 1.67. The lowest BCUT2D eigenvalue weighted by atomic mass is 10.00. The quantitative estimate of drug-likeness (QED) is 0.798. The minimum absolute atomic E-state index is 0.333. The van der Waals surface area contributed by atoms with E-state index in [4.69, 9.17) is 4.74 Å². The Morgan fingerprint density at radius 2 is 2.05 bits per heavy atom. The van der Waals surface area contributed by atoms with Crippen molar-refractivity contribution in [3.63, 3.8) is 0 Å². The van der Waals surface area contributed by atoms with E-state index in [1.165, 1.54) is 19.3 Å². The molecule has 3 heterocycles. The highest BCUT2D eigenvalue weighted by atomic mass is 32.2. The van der Waals surface area contributed by atoms with Crippen LogP contribution in [0.4, 0.5) is 5.95 Å². The van der Waals surface area contributed by atoms with Gasteiger partial charge in [-0.15, -0.1) is 10.2 Å².